The highest BCUT2D eigenvalue weighted by molar-refractivity contribution is 6.05. The second-order valence-corrected chi connectivity index (χ2v) is 5.80. The molecule has 0 atom stereocenters. The highest BCUT2D eigenvalue weighted by Crippen LogP contribution is 2.30. The van der Waals surface area contributed by atoms with Gasteiger partial charge in [0.2, 0.25) is 0 Å². The van der Waals surface area contributed by atoms with Gasteiger partial charge < -0.3 is 9.64 Å². The van der Waals surface area contributed by atoms with Crippen LogP contribution in [0.1, 0.15) is 25.3 Å². The Morgan fingerprint density at radius 1 is 1.25 bits per heavy atom. The Morgan fingerprint density at radius 2 is 2.00 bits per heavy atom. The van der Waals surface area contributed by atoms with Gasteiger partial charge >= 0.3 is 0 Å². The zero-order valence-corrected chi connectivity index (χ0v) is 13.8. The van der Waals surface area contributed by atoms with Crippen LogP contribution < -0.4 is 4.74 Å². The van der Waals surface area contributed by atoms with Gasteiger partial charge in [-0.25, -0.2) is 0 Å². The molecule has 0 bridgehead atoms. The molecule has 0 saturated carbocycles. The lowest BCUT2D eigenvalue weighted by Gasteiger charge is -2.15. The van der Waals surface area contributed by atoms with Crippen molar-refractivity contribution in [2.75, 3.05) is 19.7 Å². The van der Waals surface area contributed by atoms with E-state index < -0.39 is 0 Å². The first-order chi connectivity index (χ1) is 11.7. The molecule has 122 valence electrons. The lowest BCUT2D eigenvalue weighted by molar-refractivity contribution is -0.125. The number of hydrogen-bond donors (Lipinski definition) is 0. The Kier molecular flexibility index (Phi) is 4.81. The van der Waals surface area contributed by atoms with Crippen molar-refractivity contribution in [2.45, 2.75) is 19.8 Å². The first-order valence-electron chi connectivity index (χ1n) is 8.30. The summed E-state index contributed by atoms with van der Waals surface area (Å²) in [6, 6.07) is 13.9. The predicted molar refractivity (Wildman–Crippen MR) is 94.5 cm³/mol. The lowest BCUT2D eigenvalue weighted by Crippen LogP contribution is -2.28. The summed E-state index contributed by atoms with van der Waals surface area (Å²) < 4.78 is 5.72. The highest BCUT2D eigenvalue weighted by Gasteiger charge is 2.22. The molecule has 0 radical (unpaired) electrons. The lowest BCUT2D eigenvalue weighted by atomic mass is 10.0. The molecule has 0 spiro atoms. The van der Waals surface area contributed by atoms with E-state index >= 15 is 0 Å². The van der Waals surface area contributed by atoms with E-state index in [0.717, 1.165) is 42.3 Å². The summed E-state index contributed by atoms with van der Waals surface area (Å²) in [7, 11) is 0. The fourth-order valence-electron chi connectivity index (χ4n) is 3.08. The molecule has 2 aromatic carbocycles. The monoisotopic (exact) mass is 320 g/mol. The van der Waals surface area contributed by atoms with Gasteiger partial charge in [0.25, 0.3) is 5.91 Å². The average molecular weight is 320 g/mol. The SMILES string of the molecule is CCOc1ccc2ccccc2c1/C=C(\C#N)C(=O)N1CCCC1. The smallest absolute Gasteiger partial charge is 0.264 e. The van der Waals surface area contributed by atoms with Gasteiger partial charge in [0.15, 0.2) is 0 Å². The zero-order chi connectivity index (χ0) is 16.9. The van der Waals surface area contributed by atoms with E-state index in [9.17, 15) is 10.1 Å². The van der Waals surface area contributed by atoms with Gasteiger partial charge in [-0.15, -0.1) is 0 Å². The summed E-state index contributed by atoms with van der Waals surface area (Å²) in [4.78, 5) is 14.3. The summed E-state index contributed by atoms with van der Waals surface area (Å²) in [5, 5.41) is 11.5. The topological polar surface area (TPSA) is 53.3 Å². The Morgan fingerprint density at radius 3 is 2.71 bits per heavy atom. The van der Waals surface area contributed by atoms with E-state index in [-0.39, 0.29) is 11.5 Å². The van der Waals surface area contributed by atoms with Gasteiger partial charge in [-0.1, -0.05) is 30.3 Å². The quantitative estimate of drug-likeness (QED) is 0.636. The first-order valence-corrected chi connectivity index (χ1v) is 8.30. The average Bonchev–Trinajstić information content (AvgIpc) is 3.15. The van der Waals surface area contributed by atoms with Crippen LogP contribution in [0.2, 0.25) is 0 Å². The van der Waals surface area contributed by atoms with Gasteiger partial charge in [-0.2, -0.15) is 5.26 Å². The molecule has 0 N–H and O–H groups in total. The molecule has 1 heterocycles. The maximum atomic E-state index is 12.6. The molecule has 1 saturated heterocycles. The van der Waals surface area contributed by atoms with Crippen LogP contribution >= 0.6 is 0 Å². The predicted octanol–water partition coefficient (Wildman–Crippen LogP) is 3.77. The van der Waals surface area contributed by atoms with E-state index in [1.165, 1.54) is 0 Å². The van der Waals surface area contributed by atoms with Gasteiger partial charge in [-0.3, -0.25) is 4.79 Å². The third-order valence-corrected chi connectivity index (χ3v) is 4.26. The second-order valence-electron chi connectivity index (χ2n) is 5.80. The Hall–Kier alpha value is -2.80. The molecular formula is C20H20N2O2. The minimum Gasteiger partial charge on any atom is -0.493 e. The van der Waals surface area contributed by atoms with E-state index in [2.05, 4.69) is 6.07 Å². The number of fused-ring (bicyclic) bond motifs is 1. The number of carbonyl (C=O) groups excluding carboxylic acids is 1. The molecule has 24 heavy (non-hydrogen) atoms. The van der Waals surface area contributed by atoms with Crippen molar-refractivity contribution in [1.82, 2.24) is 4.90 Å². The zero-order valence-electron chi connectivity index (χ0n) is 13.8. The number of ether oxygens (including phenoxy) is 1. The Labute approximate surface area is 141 Å². The van der Waals surface area contributed by atoms with Crippen molar-refractivity contribution >= 4 is 22.8 Å². The minimum absolute atomic E-state index is 0.161. The van der Waals surface area contributed by atoms with Crippen molar-refractivity contribution in [2.24, 2.45) is 0 Å². The fraction of sp³-hybridized carbons (Fsp3) is 0.300. The number of rotatable bonds is 4. The number of likely N-dealkylation sites (tertiary alicyclic amines) is 1. The van der Waals surface area contributed by atoms with Crippen molar-refractivity contribution in [1.29, 1.82) is 5.26 Å². The van der Waals surface area contributed by atoms with Crippen molar-refractivity contribution in [3.05, 3.63) is 47.5 Å². The summed E-state index contributed by atoms with van der Waals surface area (Å²) >= 11 is 0. The fourth-order valence-corrected chi connectivity index (χ4v) is 3.08. The van der Waals surface area contributed by atoms with Crippen molar-refractivity contribution < 1.29 is 9.53 Å². The molecule has 0 aromatic heterocycles. The number of carbonyl (C=O) groups is 1. The van der Waals surface area contributed by atoms with Gasteiger partial charge in [0, 0.05) is 18.7 Å². The van der Waals surface area contributed by atoms with Gasteiger partial charge in [0.1, 0.15) is 17.4 Å². The molecule has 4 nitrogen and oxygen atoms in total. The number of amides is 1. The maximum absolute atomic E-state index is 12.6. The second kappa shape index (κ2) is 7.18. The molecule has 1 fully saturated rings. The van der Waals surface area contributed by atoms with Gasteiger partial charge in [0.05, 0.1) is 6.61 Å². The van der Waals surface area contributed by atoms with Crippen molar-refractivity contribution in [3.8, 4) is 11.8 Å². The van der Waals surface area contributed by atoms with Crippen LogP contribution in [-0.4, -0.2) is 30.5 Å². The van der Waals surface area contributed by atoms with Crippen LogP contribution in [0.5, 0.6) is 5.75 Å². The first kappa shape index (κ1) is 16.1. The molecule has 1 aliphatic rings. The molecular weight excluding hydrogens is 300 g/mol. The Balaban J connectivity index is 2.10. The third-order valence-electron chi connectivity index (χ3n) is 4.26. The molecule has 0 aliphatic carbocycles. The summed E-state index contributed by atoms with van der Waals surface area (Å²) in [5.41, 5.74) is 0.952. The molecule has 3 rings (SSSR count). The van der Waals surface area contributed by atoms with E-state index in [1.807, 2.05) is 43.3 Å². The number of hydrogen-bond acceptors (Lipinski definition) is 3. The molecule has 4 heteroatoms. The minimum atomic E-state index is -0.189. The van der Waals surface area contributed by atoms with E-state index in [4.69, 9.17) is 4.74 Å². The summed E-state index contributed by atoms with van der Waals surface area (Å²) in [6.45, 7) is 3.90. The van der Waals surface area contributed by atoms with E-state index in [1.54, 1.807) is 11.0 Å². The number of benzene rings is 2. The van der Waals surface area contributed by atoms with Crippen LogP contribution in [-0.2, 0) is 4.79 Å². The third kappa shape index (κ3) is 3.11. The van der Waals surface area contributed by atoms with E-state index in [0.29, 0.717) is 12.4 Å². The molecule has 2 aromatic rings. The molecule has 1 amide bonds. The van der Waals surface area contributed by atoms with Crippen molar-refractivity contribution in [3.63, 3.8) is 0 Å². The Bertz CT molecular complexity index is 827. The highest BCUT2D eigenvalue weighted by atomic mass is 16.5. The van der Waals surface area contributed by atoms with Crippen LogP contribution in [0.15, 0.2) is 42.0 Å². The van der Waals surface area contributed by atoms with Crippen LogP contribution in [0.25, 0.3) is 16.8 Å². The maximum Gasteiger partial charge on any atom is 0.264 e. The summed E-state index contributed by atoms with van der Waals surface area (Å²) in [6.07, 6.45) is 3.68. The summed E-state index contributed by atoms with van der Waals surface area (Å²) in [5.74, 6) is 0.503. The number of nitriles is 1. The molecule has 0 unspecified atom stereocenters. The van der Waals surface area contributed by atoms with Crippen LogP contribution in [0, 0.1) is 11.3 Å². The normalized spacial score (nSPS) is 14.7. The van der Waals surface area contributed by atoms with Crippen LogP contribution in [0.3, 0.4) is 0 Å². The number of nitrogens with zero attached hydrogens (tertiary/aromatic N) is 2. The largest absolute Gasteiger partial charge is 0.493 e. The van der Waals surface area contributed by atoms with Gasteiger partial charge in [-0.05, 0) is 42.7 Å². The van der Waals surface area contributed by atoms with Crippen LogP contribution in [0.4, 0.5) is 0 Å². The molecule has 1 aliphatic heterocycles. The standard InChI is InChI=1S/C20H20N2O2/c1-2-24-19-10-9-15-7-3-4-8-17(15)18(19)13-16(14-21)20(23)22-11-5-6-12-22/h3-4,7-10,13H,2,5-6,11-12H2,1H3/b16-13+.